The highest BCUT2D eigenvalue weighted by atomic mass is 32.1. The molecule has 20 heavy (non-hydrogen) atoms. The molecule has 0 aromatic heterocycles. The Balaban J connectivity index is 2.13. The van der Waals surface area contributed by atoms with E-state index in [1.165, 1.54) is 31.2 Å². The van der Waals surface area contributed by atoms with Gasteiger partial charge in [-0.05, 0) is 37.1 Å². The highest BCUT2D eigenvalue weighted by Gasteiger charge is 2.21. The third kappa shape index (κ3) is 3.49. The van der Waals surface area contributed by atoms with Gasteiger partial charge < -0.3 is 10.5 Å². The molecule has 4 heteroatoms. The predicted octanol–water partition coefficient (Wildman–Crippen LogP) is 3.09. The maximum Gasteiger partial charge on any atom is 0.129 e. The predicted molar refractivity (Wildman–Crippen MR) is 87.2 cm³/mol. The molecule has 0 bridgehead atoms. The molecule has 1 saturated carbocycles. The van der Waals surface area contributed by atoms with Crippen molar-refractivity contribution < 1.29 is 4.74 Å². The molecule has 1 aromatic carbocycles. The molecule has 2 rings (SSSR count). The monoisotopic (exact) mass is 292 g/mol. The molecule has 0 aliphatic heterocycles. The lowest BCUT2D eigenvalue weighted by atomic mass is 10.1. The van der Waals surface area contributed by atoms with Gasteiger partial charge in [0, 0.05) is 12.6 Å². The van der Waals surface area contributed by atoms with Crippen molar-refractivity contribution >= 4 is 17.2 Å². The Labute approximate surface area is 127 Å². The first-order chi connectivity index (χ1) is 9.65. The Kier molecular flexibility index (Phi) is 5.38. The smallest absolute Gasteiger partial charge is 0.129 e. The zero-order chi connectivity index (χ0) is 14.5. The van der Waals surface area contributed by atoms with Crippen molar-refractivity contribution in [2.45, 2.75) is 45.2 Å². The molecule has 3 nitrogen and oxygen atoms in total. The number of benzene rings is 1. The number of ether oxygens (including phenoxy) is 1. The standard InChI is InChI=1S/C16H24N2OS/c1-3-18(13-6-4-5-7-13)11-12-8-9-14(16(17)20)15(10-12)19-2/h8-10,13H,3-7,11H2,1-2H3,(H2,17,20). The lowest BCUT2D eigenvalue weighted by Gasteiger charge is -2.27. The molecule has 1 aliphatic carbocycles. The lowest BCUT2D eigenvalue weighted by Crippen LogP contribution is -2.32. The van der Waals surface area contributed by atoms with Gasteiger partial charge in [-0.25, -0.2) is 0 Å². The van der Waals surface area contributed by atoms with Crippen LogP contribution in [-0.2, 0) is 6.54 Å². The van der Waals surface area contributed by atoms with Gasteiger partial charge in [0.15, 0.2) is 0 Å². The molecule has 0 unspecified atom stereocenters. The maximum atomic E-state index is 5.71. The van der Waals surface area contributed by atoms with Crippen LogP contribution in [0.2, 0.25) is 0 Å². The fourth-order valence-corrected chi connectivity index (χ4v) is 3.21. The Bertz CT molecular complexity index is 470. The van der Waals surface area contributed by atoms with Crippen LogP contribution in [-0.4, -0.2) is 29.6 Å². The summed E-state index contributed by atoms with van der Waals surface area (Å²) in [5, 5.41) is 0. The summed E-state index contributed by atoms with van der Waals surface area (Å²) >= 11 is 5.04. The minimum absolute atomic E-state index is 0.386. The molecule has 0 saturated heterocycles. The molecule has 110 valence electrons. The largest absolute Gasteiger partial charge is 0.496 e. The van der Waals surface area contributed by atoms with Crippen LogP contribution in [0.15, 0.2) is 18.2 Å². The number of hydrogen-bond acceptors (Lipinski definition) is 3. The van der Waals surface area contributed by atoms with Crippen molar-refractivity contribution in [2.24, 2.45) is 5.73 Å². The molecule has 0 spiro atoms. The van der Waals surface area contributed by atoms with Crippen LogP contribution in [0.1, 0.15) is 43.7 Å². The summed E-state index contributed by atoms with van der Waals surface area (Å²) in [5.74, 6) is 0.775. The molecular formula is C16H24N2OS. The van der Waals surface area contributed by atoms with Crippen molar-refractivity contribution in [1.82, 2.24) is 4.90 Å². The van der Waals surface area contributed by atoms with Gasteiger partial charge in [0.2, 0.25) is 0 Å². The SMILES string of the molecule is CCN(Cc1ccc(C(N)=S)c(OC)c1)C1CCCC1. The number of hydrogen-bond donors (Lipinski definition) is 1. The van der Waals surface area contributed by atoms with E-state index < -0.39 is 0 Å². The number of nitrogens with zero attached hydrogens (tertiary/aromatic N) is 1. The number of methoxy groups -OCH3 is 1. The summed E-state index contributed by atoms with van der Waals surface area (Å²) in [6.07, 6.45) is 5.39. The first-order valence-electron chi connectivity index (χ1n) is 7.36. The molecule has 0 atom stereocenters. The van der Waals surface area contributed by atoms with Crippen LogP contribution in [0.25, 0.3) is 0 Å². The van der Waals surface area contributed by atoms with Crippen LogP contribution in [0.3, 0.4) is 0 Å². The summed E-state index contributed by atoms with van der Waals surface area (Å²) in [7, 11) is 1.66. The van der Waals surface area contributed by atoms with E-state index in [9.17, 15) is 0 Å². The fraction of sp³-hybridized carbons (Fsp3) is 0.562. The third-order valence-electron chi connectivity index (χ3n) is 4.16. The van der Waals surface area contributed by atoms with Gasteiger partial charge in [-0.3, -0.25) is 4.90 Å². The van der Waals surface area contributed by atoms with Crippen LogP contribution < -0.4 is 10.5 Å². The second-order valence-electron chi connectivity index (χ2n) is 5.40. The van der Waals surface area contributed by atoms with Gasteiger partial charge in [-0.2, -0.15) is 0 Å². The van der Waals surface area contributed by atoms with Crippen molar-refractivity contribution in [1.29, 1.82) is 0 Å². The van der Waals surface area contributed by atoms with Crippen molar-refractivity contribution in [3.63, 3.8) is 0 Å². The van der Waals surface area contributed by atoms with Gasteiger partial charge in [-0.15, -0.1) is 0 Å². The third-order valence-corrected chi connectivity index (χ3v) is 4.38. The van der Waals surface area contributed by atoms with E-state index in [1.807, 2.05) is 6.07 Å². The highest BCUT2D eigenvalue weighted by molar-refractivity contribution is 7.80. The Morgan fingerprint density at radius 2 is 2.10 bits per heavy atom. The highest BCUT2D eigenvalue weighted by Crippen LogP contribution is 2.26. The molecule has 1 fully saturated rings. The second-order valence-corrected chi connectivity index (χ2v) is 5.84. The van der Waals surface area contributed by atoms with Crippen LogP contribution >= 0.6 is 12.2 Å². The van der Waals surface area contributed by atoms with Gasteiger partial charge in [0.1, 0.15) is 10.7 Å². The van der Waals surface area contributed by atoms with E-state index in [-0.39, 0.29) is 0 Å². The van der Waals surface area contributed by atoms with E-state index in [2.05, 4.69) is 24.0 Å². The summed E-state index contributed by atoms with van der Waals surface area (Å²) < 4.78 is 5.40. The van der Waals surface area contributed by atoms with Gasteiger partial charge in [0.25, 0.3) is 0 Å². The fourth-order valence-electron chi connectivity index (χ4n) is 3.04. The maximum absolute atomic E-state index is 5.71. The van der Waals surface area contributed by atoms with Gasteiger partial charge >= 0.3 is 0 Å². The minimum Gasteiger partial charge on any atom is -0.496 e. The van der Waals surface area contributed by atoms with Crippen molar-refractivity contribution in [3.05, 3.63) is 29.3 Å². The van der Waals surface area contributed by atoms with Crippen LogP contribution in [0, 0.1) is 0 Å². The van der Waals surface area contributed by atoms with E-state index in [4.69, 9.17) is 22.7 Å². The first kappa shape index (κ1) is 15.3. The Morgan fingerprint density at radius 3 is 2.65 bits per heavy atom. The van der Waals surface area contributed by atoms with E-state index in [0.29, 0.717) is 4.99 Å². The quantitative estimate of drug-likeness (QED) is 0.818. The Hall–Kier alpha value is -1.13. The zero-order valence-electron chi connectivity index (χ0n) is 12.4. The number of rotatable bonds is 6. The molecular weight excluding hydrogens is 268 g/mol. The summed E-state index contributed by atoms with van der Waals surface area (Å²) in [4.78, 5) is 2.94. The van der Waals surface area contributed by atoms with E-state index in [0.717, 1.165) is 30.4 Å². The number of nitrogens with two attached hydrogens (primary N) is 1. The zero-order valence-corrected chi connectivity index (χ0v) is 13.2. The van der Waals surface area contributed by atoms with Gasteiger partial charge in [-0.1, -0.05) is 38.0 Å². The molecule has 0 radical (unpaired) electrons. The average molecular weight is 292 g/mol. The first-order valence-corrected chi connectivity index (χ1v) is 7.77. The second kappa shape index (κ2) is 7.04. The summed E-state index contributed by atoms with van der Waals surface area (Å²) in [6, 6.07) is 6.88. The topological polar surface area (TPSA) is 38.5 Å². The molecule has 0 amide bonds. The molecule has 0 heterocycles. The Morgan fingerprint density at radius 1 is 1.40 bits per heavy atom. The van der Waals surface area contributed by atoms with E-state index >= 15 is 0 Å². The normalized spacial score (nSPS) is 15.8. The molecule has 2 N–H and O–H groups in total. The summed E-state index contributed by atoms with van der Waals surface area (Å²) in [6.45, 7) is 4.29. The molecule has 1 aliphatic rings. The van der Waals surface area contributed by atoms with Gasteiger partial charge in [0.05, 0.1) is 12.7 Å². The van der Waals surface area contributed by atoms with Crippen LogP contribution in [0.5, 0.6) is 5.75 Å². The average Bonchev–Trinajstić information content (AvgIpc) is 2.98. The van der Waals surface area contributed by atoms with Crippen molar-refractivity contribution in [3.8, 4) is 5.75 Å². The molecule has 1 aromatic rings. The summed E-state index contributed by atoms with van der Waals surface area (Å²) in [5.41, 5.74) is 7.78. The van der Waals surface area contributed by atoms with Crippen molar-refractivity contribution in [2.75, 3.05) is 13.7 Å². The van der Waals surface area contributed by atoms with Crippen LogP contribution in [0.4, 0.5) is 0 Å². The lowest BCUT2D eigenvalue weighted by molar-refractivity contribution is 0.200. The van der Waals surface area contributed by atoms with E-state index in [1.54, 1.807) is 7.11 Å². The number of thiocarbonyl (C=S) groups is 1. The minimum atomic E-state index is 0.386.